The highest BCUT2D eigenvalue weighted by Crippen LogP contribution is 2.35. The van der Waals surface area contributed by atoms with Crippen molar-refractivity contribution in [3.05, 3.63) is 95.9 Å². The molecule has 3 aromatic carbocycles. The molecule has 2 atom stereocenters. The zero-order chi connectivity index (χ0) is 28.4. The third-order valence-corrected chi connectivity index (χ3v) is 7.08. The van der Waals surface area contributed by atoms with Gasteiger partial charge in [-0.25, -0.2) is 13.5 Å². The van der Waals surface area contributed by atoms with E-state index in [-0.39, 0.29) is 24.8 Å². The molecule has 0 aliphatic rings. The van der Waals surface area contributed by atoms with E-state index in [1.54, 1.807) is 78.4 Å². The van der Waals surface area contributed by atoms with Crippen LogP contribution < -0.4 is 10.0 Å². The summed E-state index contributed by atoms with van der Waals surface area (Å²) in [5, 5.41) is 19.7. The number of nitrogen functional groups attached to an aromatic ring is 1. The molecule has 40 heavy (non-hydrogen) atoms. The number of hydrogen-bond acceptors (Lipinski definition) is 7. The van der Waals surface area contributed by atoms with Gasteiger partial charge in [0.1, 0.15) is 24.3 Å². The van der Waals surface area contributed by atoms with E-state index in [4.69, 9.17) is 15.9 Å². The zero-order valence-corrected chi connectivity index (χ0v) is 22.2. The van der Waals surface area contributed by atoms with Crippen molar-refractivity contribution in [2.24, 2.45) is 5.73 Å². The number of nitrogens with two attached hydrogens (primary N) is 1. The summed E-state index contributed by atoms with van der Waals surface area (Å²) in [6.45, 7) is 1.69. The number of carbonyl (C=O) groups is 1. The fourth-order valence-corrected chi connectivity index (χ4v) is 5.14. The number of benzene rings is 3. The number of para-hydroxylation sites is 1. The first-order chi connectivity index (χ1) is 19.3. The summed E-state index contributed by atoms with van der Waals surface area (Å²) in [5.41, 5.74) is 8.77. The van der Waals surface area contributed by atoms with Crippen molar-refractivity contribution < 1.29 is 23.4 Å². The molecule has 0 saturated carbocycles. The predicted octanol–water partition coefficient (Wildman–Crippen LogP) is 3.79. The van der Waals surface area contributed by atoms with Gasteiger partial charge in [0.2, 0.25) is 0 Å². The maximum Gasteiger partial charge on any atom is 0.326 e. The molecule has 5 rings (SSSR count). The fourth-order valence-electron chi connectivity index (χ4n) is 4.53. The van der Waals surface area contributed by atoms with E-state index in [1.807, 2.05) is 12.1 Å². The monoisotopic (exact) mass is 558 g/mol. The van der Waals surface area contributed by atoms with Crippen LogP contribution in [0.5, 0.6) is 0 Å². The SMILES string of the molecule is CCOC(=O)Cn1c(C(O)c2ccc(C(=N)N)cc2)nc2cc(N(c3cccc4cccnc34)S(=O)O)ccc21. The normalized spacial score (nSPS) is 12.8. The van der Waals surface area contributed by atoms with E-state index in [0.717, 1.165) is 5.39 Å². The molecular formula is C28H26N6O5S. The van der Waals surface area contributed by atoms with Gasteiger partial charge < -0.3 is 20.1 Å². The Kier molecular flexibility index (Phi) is 7.56. The van der Waals surface area contributed by atoms with Crippen LogP contribution in [0.2, 0.25) is 0 Å². The lowest BCUT2D eigenvalue weighted by molar-refractivity contribution is -0.143. The van der Waals surface area contributed by atoms with E-state index in [0.29, 0.717) is 39.1 Å². The first-order valence-electron chi connectivity index (χ1n) is 12.3. The summed E-state index contributed by atoms with van der Waals surface area (Å²) in [6.07, 6.45) is 0.387. The van der Waals surface area contributed by atoms with Gasteiger partial charge in [0, 0.05) is 17.1 Å². The average molecular weight is 559 g/mol. The second kappa shape index (κ2) is 11.2. The number of rotatable bonds is 9. The minimum Gasteiger partial charge on any atom is -0.465 e. The summed E-state index contributed by atoms with van der Waals surface area (Å²) in [7, 11) is 0. The van der Waals surface area contributed by atoms with Crippen LogP contribution in [0, 0.1) is 5.41 Å². The standard InChI is InChI=1S/C28H26N6O5S/c1-2-39-24(35)16-33-22-13-12-20(34(40(37)38)23-7-3-5-17-6-4-14-31-25(17)23)15-21(22)32-28(33)26(36)18-8-10-19(11-9-18)27(29)30/h3-15,26,36H,2,16H2,1H3,(H3,29,30)(H,37,38). The Labute approximate surface area is 231 Å². The number of aliphatic hydroxyl groups is 1. The van der Waals surface area contributed by atoms with Gasteiger partial charge in [-0.1, -0.05) is 42.5 Å². The zero-order valence-electron chi connectivity index (χ0n) is 21.4. The molecule has 2 heterocycles. The average Bonchev–Trinajstić information content (AvgIpc) is 3.30. The van der Waals surface area contributed by atoms with Crippen molar-refractivity contribution in [2.45, 2.75) is 19.6 Å². The smallest absolute Gasteiger partial charge is 0.326 e. The van der Waals surface area contributed by atoms with Crippen LogP contribution in [0.3, 0.4) is 0 Å². The van der Waals surface area contributed by atoms with Crippen LogP contribution in [0.1, 0.15) is 30.0 Å². The van der Waals surface area contributed by atoms with Crippen LogP contribution in [-0.2, 0) is 27.3 Å². The number of hydrogen-bond donors (Lipinski definition) is 4. The van der Waals surface area contributed by atoms with Gasteiger partial charge in [0.25, 0.3) is 11.3 Å². The first kappa shape index (κ1) is 26.9. The van der Waals surface area contributed by atoms with E-state index in [9.17, 15) is 18.7 Å². The number of amidine groups is 1. The summed E-state index contributed by atoms with van der Waals surface area (Å²) in [4.78, 5) is 21.5. The molecule has 11 nitrogen and oxygen atoms in total. The number of anilines is 2. The molecule has 0 saturated heterocycles. The van der Waals surface area contributed by atoms with Gasteiger partial charge in [-0.3, -0.25) is 19.7 Å². The van der Waals surface area contributed by atoms with Gasteiger partial charge in [-0.15, -0.1) is 0 Å². The number of ether oxygens (including phenoxy) is 1. The lowest BCUT2D eigenvalue weighted by Crippen LogP contribution is -2.20. The van der Waals surface area contributed by atoms with E-state index < -0.39 is 23.3 Å². The number of aromatic nitrogens is 3. The van der Waals surface area contributed by atoms with Crippen molar-refractivity contribution in [3.63, 3.8) is 0 Å². The minimum atomic E-state index is -2.45. The fraction of sp³-hybridized carbons (Fsp3) is 0.143. The van der Waals surface area contributed by atoms with Gasteiger partial charge in [0.05, 0.1) is 34.5 Å². The van der Waals surface area contributed by atoms with E-state index >= 15 is 0 Å². The third-order valence-electron chi connectivity index (χ3n) is 6.36. The Hall–Kier alpha value is -4.65. The molecule has 0 radical (unpaired) electrons. The first-order valence-corrected chi connectivity index (χ1v) is 13.4. The van der Waals surface area contributed by atoms with E-state index in [1.165, 1.54) is 4.31 Å². The maximum absolute atomic E-state index is 12.6. The quantitative estimate of drug-likeness (QED) is 0.0917. The molecule has 0 amide bonds. The number of aliphatic hydroxyl groups excluding tert-OH is 1. The molecule has 5 N–H and O–H groups in total. The van der Waals surface area contributed by atoms with Crippen molar-refractivity contribution in [3.8, 4) is 0 Å². The number of imidazole rings is 1. The molecule has 0 bridgehead atoms. The number of pyridine rings is 1. The Morgan fingerprint density at radius 2 is 1.90 bits per heavy atom. The van der Waals surface area contributed by atoms with Crippen LogP contribution in [0.15, 0.2) is 79.0 Å². The lowest BCUT2D eigenvalue weighted by atomic mass is 10.1. The van der Waals surface area contributed by atoms with Gasteiger partial charge in [-0.2, -0.15) is 0 Å². The van der Waals surface area contributed by atoms with Crippen LogP contribution >= 0.6 is 0 Å². The molecule has 12 heteroatoms. The van der Waals surface area contributed by atoms with Crippen molar-refractivity contribution >= 4 is 56.4 Å². The molecule has 0 aliphatic heterocycles. The molecular weight excluding hydrogens is 532 g/mol. The van der Waals surface area contributed by atoms with Crippen molar-refractivity contribution in [2.75, 3.05) is 10.9 Å². The number of nitrogens with one attached hydrogen (secondary N) is 1. The Balaban J connectivity index is 1.63. The highest BCUT2D eigenvalue weighted by Gasteiger charge is 2.24. The van der Waals surface area contributed by atoms with Gasteiger partial charge in [0.15, 0.2) is 0 Å². The maximum atomic E-state index is 12.6. The number of fused-ring (bicyclic) bond motifs is 2. The Morgan fingerprint density at radius 3 is 2.60 bits per heavy atom. The van der Waals surface area contributed by atoms with Gasteiger partial charge >= 0.3 is 5.97 Å². The molecule has 2 aromatic heterocycles. The second-order valence-corrected chi connectivity index (χ2v) is 9.68. The Bertz CT molecular complexity index is 1750. The summed E-state index contributed by atoms with van der Waals surface area (Å²) in [6, 6.07) is 20.4. The van der Waals surface area contributed by atoms with Crippen molar-refractivity contribution in [1.29, 1.82) is 5.41 Å². The number of nitrogens with zero attached hydrogens (tertiary/aromatic N) is 4. The molecule has 0 aliphatic carbocycles. The van der Waals surface area contributed by atoms with Crippen molar-refractivity contribution in [1.82, 2.24) is 14.5 Å². The minimum absolute atomic E-state index is 0.102. The van der Waals surface area contributed by atoms with E-state index in [2.05, 4.69) is 9.97 Å². The lowest BCUT2D eigenvalue weighted by Gasteiger charge is -2.21. The number of carbonyl (C=O) groups excluding carboxylic acids is 1. The summed E-state index contributed by atoms with van der Waals surface area (Å²) < 4.78 is 30.8. The topological polar surface area (TPSA) is 168 Å². The van der Waals surface area contributed by atoms with Gasteiger partial charge in [-0.05, 0) is 42.8 Å². The highest BCUT2D eigenvalue weighted by molar-refractivity contribution is 7.81. The summed E-state index contributed by atoms with van der Waals surface area (Å²) >= 11 is -2.45. The number of esters is 1. The van der Waals surface area contributed by atoms with Crippen LogP contribution in [0.4, 0.5) is 11.4 Å². The van der Waals surface area contributed by atoms with Crippen LogP contribution in [-0.4, -0.2) is 46.8 Å². The van der Waals surface area contributed by atoms with Crippen LogP contribution in [0.25, 0.3) is 21.9 Å². The molecule has 204 valence electrons. The molecule has 2 unspecified atom stereocenters. The third kappa shape index (κ3) is 5.15. The largest absolute Gasteiger partial charge is 0.465 e. The highest BCUT2D eigenvalue weighted by atomic mass is 32.2. The second-order valence-electron chi connectivity index (χ2n) is 8.85. The summed E-state index contributed by atoms with van der Waals surface area (Å²) in [5.74, 6) is -0.430. The Morgan fingerprint density at radius 1 is 1.15 bits per heavy atom. The molecule has 0 fully saturated rings. The molecule has 5 aromatic rings. The molecule has 0 spiro atoms. The predicted molar refractivity (Wildman–Crippen MR) is 153 cm³/mol.